The molecular weight excluding hydrogens is 311 g/mol. The van der Waals surface area contributed by atoms with Crippen molar-refractivity contribution < 1.29 is 9.26 Å². The number of benzene rings is 1. The highest BCUT2D eigenvalue weighted by molar-refractivity contribution is 7.80. The van der Waals surface area contributed by atoms with Crippen molar-refractivity contribution in [2.45, 2.75) is 6.92 Å². The van der Waals surface area contributed by atoms with Crippen LogP contribution >= 0.6 is 22.5 Å². The van der Waals surface area contributed by atoms with E-state index in [0.29, 0.717) is 6.61 Å². The Kier molecular flexibility index (Phi) is 4.84. The Morgan fingerprint density at radius 3 is 2.25 bits per heavy atom. The van der Waals surface area contributed by atoms with Crippen molar-refractivity contribution in [3.8, 4) is 11.5 Å². The maximum atomic E-state index is 6.10. The maximum absolute atomic E-state index is 6.10. The molecule has 0 aliphatic carbocycles. The molecule has 1 aromatic rings. The first kappa shape index (κ1) is 15.9. The fraction of sp³-hybridized carbons (Fsp3) is 0.500. The predicted molar refractivity (Wildman–Crippen MR) is 91.4 cm³/mol. The van der Waals surface area contributed by atoms with Crippen LogP contribution < -0.4 is 9.26 Å². The van der Waals surface area contributed by atoms with Crippen LogP contribution in [0.3, 0.4) is 0 Å². The second-order valence-corrected chi connectivity index (χ2v) is 12.9. The average molecular weight is 333 g/mol. The first-order valence-corrected chi connectivity index (χ1v) is 13.0. The second kappa shape index (κ2) is 6.10. The van der Waals surface area contributed by atoms with Crippen molar-refractivity contribution in [1.82, 2.24) is 0 Å². The lowest BCUT2D eigenvalue weighted by atomic mass is 10.3. The van der Waals surface area contributed by atoms with Crippen molar-refractivity contribution >= 4 is 22.5 Å². The summed E-state index contributed by atoms with van der Waals surface area (Å²) in [7, 11) is -4.69. The van der Waals surface area contributed by atoms with Gasteiger partial charge in [0.2, 0.25) is 7.43 Å². The van der Waals surface area contributed by atoms with Crippen LogP contribution in [0.4, 0.5) is 0 Å². The summed E-state index contributed by atoms with van der Waals surface area (Å²) in [5.74, 6) is 1.65. The van der Waals surface area contributed by atoms with Gasteiger partial charge in [0.1, 0.15) is 11.5 Å². The number of hydrogen-bond donors (Lipinski definition) is 0. The largest absolute Gasteiger partial charge is 0.494 e. The number of rotatable bonds is 4. The molecule has 0 spiro atoms. The first-order valence-electron chi connectivity index (χ1n) is 6.50. The van der Waals surface area contributed by atoms with Crippen LogP contribution in [0.15, 0.2) is 37.8 Å². The Hall–Kier alpha value is -0.490. The van der Waals surface area contributed by atoms with E-state index in [2.05, 4.69) is 20.0 Å². The Labute approximate surface area is 121 Å². The van der Waals surface area contributed by atoms with E-state index in [0.717, 1.165) is 11.5 Å². The Balaban J connectivity index is 2.25. The van der Waals surface area contributed by atoms with Gasteiger partial charge in [0.05, 0.1) is 21.7 Å². The third-order valence-corrected chi connectivity index (χ3v) is 11.9. The fourth-order valence-electron chi connectivity index (χ4n) is 2.09. The molecule has 0 fully saturated rings. The zero-order valence-electron chi connectivity index (χ0n) is 12.6. The molecule has 1 aliphatic rings. The summed E-state index contributed by atoms with van der Waals surface area (Å²) in [4.78, 5) is 0. The van der Waals surface area contributed by atoms with Crippen molar-refractivity contribution in [3.63, 3.8) is 0 Å². The zero-order chi connectivity index (χ0) is 14.8. The summed E-state index contributed by atoms with van der Waals surface area (Å²) in [5, 5.41) is 0. The Morgan fingerprint density at radius 2 is 1.70 bits per heavy atom. The van der Waals surface area contributed by atoms with Gasteiger partial charge >= 0.3 is 0 Å². The van der Waals surface area contributed by atoms with Crippen LogP contribution in [-0.2, 0) is 0 Å². The van der Waals surface area contributed by atoms with Gasteiger partial charge in [0.15, 0.2) is 0 Å². The molecule has 1 aromatic carbocycles. The lowest BCUT2D eigenvalue weighted by Crippen LogP contribution is -1.93. The fourth-order valence-corrected chi connectivity index (χ4v) is 12.7. The predicted octanol–water partition coefficient (Wildman–Crippen LogP) is 5.46. The summed E-state index contributed by atoms with van der Waals surface area (Å²) in [5.41, 5.74) is 0. The molecule has 0 N–H and O–H groups in total. The highest BCUT2D eigenvalue weighted by atomic mass is 31.2. The molecule has 0 bridgehead atoms. The minimum Gasteiger partial charge on any atom is -0.494 e. The van der Waals surface area contributed by atoms with Crippen molar-refractivity contribution in [2.24, 2.45) is 13.5 Å². The first-order chi connectivity index (χ1) is 9.32. The monoisotopic (exact) mass is 333 g/mol. The van der Waals surface area contributed by atoms with Gasteiger partial charge in [-0.15, -0.1) is 0 Å². The highest BCUT2D eigenvalue weighted by Crippen LogP contribution is 2.68. The van der Waals surface area contributed by atoms with Gasteiger partial charge < -0.3 is 9.26 Å². The van der Waals surface area contributed by atoms with Crippen molar-refractivity contribution in [2.75, 3.05) is 33.3 Å². The highest BCUT2D eigenvalue weighted by Gasteiger charge is 2.21. The quantitative estimate of drug-likeness (QED) is 0.687. The van der Waals surface area contributed by atoms with Crippen molar-refractivity contribution in [3.05, 3.63) is 24.3 Å². The molecule has 0 radical (unpaired) electrons. The van der Waals surface area contributed by atoms with E-state index in [4.69, 9.17) is 22.8 Å². The van der Waals surface area contributed by atoms with Crippen LogP contribution in [0, 0.1) is 0 Å². The van der Waals surface area contributed by atoms with E-state index in [-0.39, 0.29) is 0 Å². The van der Waals surface area contributed by atoms with E-state index in [1.165, 1.54) is 0 Å². The topological polar surface area (TPSA) is 55.5 Å². The zero-order valence-corrected chi connectivity index (χ0v) is 15.4. The maximum Gasteiger partial charge on any atom is 0.248 e. The molecule has 2 unspecified atom stereocenters. The van der Waals surface area contributed by atoms with Crippen LogP contribution in [0.25, 0.3) is 0 Å². The summed E-state index contributed by atoms with van der Waals surface area (Å²) >= 11 is 0. The standard InChI is InChI=1S/C12H22N3O2P3/c1-6-16-11-7-9-12(10-8-11)17-20(5)14-18(2)13-19(3,4)15-20/h7-10,18H,6H2,1-5H3. The van der Waals surface area contributed by atoms with E-state index < -0.39 is 22.5 Å². The number of ether oxygens (including phenoxy) is 1. The Morgan fingerprint density at radius 1 is 1.10 bits per heavy atom. The van der Waals surface area contributed by atoms with Gasteiger partial charge in [-0.2, -0.15) is 0 Å². The lowest BCUT2D eigenvalue weighted by molar-refractivity contribution is 0.340. The molecular formula is C12H22N3O2P3. The lowest BCUT2D eigenvalue weighted by Gasteiger charge is -2.24. The third-order valence-electron chi connectivity index (χ3n) is 2.52. The van der Waals surface area contributed by atoms with Gasteiger partial charge in [-0.25, -0.2) is 13.5 Å². The summed E-state index contributed by atoms with van der Waals surface area (Å²) in [6, 6.07) is 7.66. The van der Waals surface area contributed by atoms with Crippen LogP contribution in [0.2, 0.25) is 0 Å². The average Bonchev–Trinajstić information content (AvgIpc) is 2.28. The van der Waals surface area contributed by atoms with E-state index in [1.807, 2.05) is 37.9 Å². The van der Waals surface area contributed by atoms with Gasteiger partial charge in [0.25, 0.3) is 0 Å². The van der Waals surface area contributed by atoms with E-state index in [9.17, 15) is 0 Å². The third kappa shape index (κ3) is 4.25. The van der Waals surface area contributed by atoms with Crippen LogP contribution in [0.1, 0.15) is 6.92 Å². The van der Waals surface area contributed by atoms with Gasteiger partial charge in [0, 0.05) is 6.66 Å². The molecule has 0 saturated carbocycles. The SMILES string of the molecule is CCOc1ccc(OP2(C)=N[PH](C)=NP(C)(C)=N2)cc1. The molecule has 2 rings (SSSR count). The smallest absolute Gasteiger partial charge is 0.248 e. The minimum atomic E-state index is -2.08. The molecule has 112 valence electrons. The minimum absolute atomic E-state index is 0.664. The molecule has 1 aliphatic heterocycles. The van der Waals surface area contributed by atoms with Gasteiger partial charge in [-0.05, 0) is 51.2 Å². The van der Waals surface area contributed by atoms with Crippen molar-refractivity contribution in [1.29, 1.82) is 0 Å². The number of nitrogens with zero attached hydrogens (tertiary/aromatic N) is 3. The Bertz CT molecular complexity index is 632. The number of hydrogen-bond acceptors (Lipinski definition) is 5. The second-order valence-electron chi connectivity index (χ2n) is 5.00. The molecule has 20 heavy (non-hydrogen) atoms. The molecule has 2 atom stereocenters. The molecule has 8 heteroatoms. The summed E-state index contributed by atoms with van der Waals surface area (Å²) in [6.07, 6.45) is 0. The summed E-state index contributed by atoms with van der Waals surface area (Å²) < 4.78 is 25.8. The molecule has 1 heterocycles. The van der Waals surface area contributed by atoms with Gasteiger partial charge in [-0.1, -0.05) is 0 Å². The normalized spacial score (nSPS) is 27.8. The van der Waals surface area contributed by atoms with E-state index >= 15 is 0 Å². The van der Waals surface area contributed by atoms with Crippen LogP contribution in [0.5, 0.6) is 11.5 Å². The van der Waals surface area contributed by atoms with E-state index in [1.54, 1.807) is 0 Å². The molecule has 0 aromatic heterocycles. The molecule has 5 nitrogen and oxygen atoms in total. The molecule has 0 amide bonds. The van der Waals surface area contributed by atoms with Crippen LogP contribution in [-0.4, -0.2) is 33.3 Å². The molecule has 0 saturated heterocycles. The van der Waals surface area contributed by atoms with Gasteiger partial charge in [-0.3, -0.25) is 0 Å². The summed E-state index contributed by atoms with van der Waals surface area (Å²) in [6.45, 7) is 11.0.